The van der Waals surface area contributed by atoms with Gasteiger partial charge in [-0.2, -0.15) is 11.3 Å². The molecule has 1 amide bonds. The maximum absolute atomic E-state index is 12.3. The van der Waals surface area contributed by atoms with E-state index in [1.165, 1.54) is 18.4 Å². The molecule has 1 aromatic carbocycles. The maximum atomic E-state index is 12.3. The van der Waals surface area contributed by atoms with Crippen LogP contribution in [0.3, 0.4) is 0 Å². The molecule has 0 unspecified atom stereocenters. The number of aliphatic hydroxyl groups is 1. The van der Waals surface area contributed by atoms with Crippen molar-refractivity contribution in [2.45, 2.75) is 6.61 Å². The van der Waals surface area contributed by atoms with Crippen LogP contribution in [0.15, 0.2) is 41.2 Å². The summed E-state index contributed by atoms with van der Waals surface area (Å²) in [6.45, 7) is -0.157. The number of benzene rings is 1. The first-order valence-electron chi connectivity index (χ1n) is 6.79. The molecular weight excluding hydrogens is 332 g/mol. The normalized spacial score (nSPS) is 10.5. The van der Waals surface area contributed by atoms with Crippen molar-refractivity contribution in [2.75, 3.05) is 12.4 Å². The molecule has 2 aromatic heterocycles. The molecule has 0 aliphatic heterocycles. The summed E-state index contributed by atoms with van der Waals surface area (Å²) in [7, 11) is 1.54. The number of amides is 1. The van der Waals surface area contributed by atoms with Crippen LogP contribution in [-0.4, -0.2) is 23.1 Å². The molecule has 5 nitrogen and oxygen atoms in total. The topological polar surface area (TPSA) is 71.5 Å². The molecule has 0 atom stereocenters. The summed E-state index contributed by atoms with van der Waals surface area (Å²) in [5.41, 5.74) is 2.24. The van der Waals surface area contributed by atoms with Gasteiger partial charge in [0, 0.05) is 22.2 Å². The first-order valence-corrected chi connectivity index (χ1v) is 8.54. The van der Waals surface area contributed by atoms with Crippen LogP contribution < -0.4 is 10.1 Å². The molecule has 0 saturated heterocycles. The summed E-state index contributed by atoms with van der Waals surface area (Å²) in [6.07, 6.45) is 1.57. The summed E-state index contributed by atoms with van der Waals surface area (Å²) in [5, 5.41) is 16.9. The summed E-state index contributed by atoms with van der Waals surface area (Å²) in [5.74, 6) is 0.362. The summed E-state index contributed by atoms with van der Waals surface area (Å²) in [6, 6.07) is 7.11. The number of nitrogens with one attached hydrogen (secondary N) is 1. The van der Waals surface area contributed by atoms with Crippen molar-refractivity contribution in [3.05, 3.63) is 51.7 Å². The number of aromatic nitrogens is 1. The molecule has 0 fully saturated rings. The van der Waals surface area contributed by atoms with Crippen LogP contribution in [0.1, 0.15) is 15.2 Å². The SMILES string of the molecule is COc1ccc(NC(=O)c2cnc(-c3ccsc3)s2)cc1CO. The number of carbonyl (C=O) groups is 1. The van der Waals surface area contributed by atoms with Crippen LogP contribution >= 0.6 is 22.7 Å². The van der Waals surface area contributed by atoms with E-state index in [0.29, 0.717) is 21.9 Å². The van der Waals surface area contributed by atoms with Gasteiger partial charge in [0.15, 0.2) is 0 Å². The van der Waals surface area contributed by atoms with E-state index < -0.39 is 0 Å². The Balaban J connectivity index is 1.77. The van der Waals surface area contributed by atoms with E-state index in [9.17, 15) is 9.90 Å². The average Bonchev–Trinajstić information content (AvgIpc) is 3.25. The second kappa shape index (κ2) is 6.91. The number of carbonyl (C=O) groups excluding carboxylic acids is 1. The zero-order chi connectivity index (χ0) is 16.2. The van der Waals surface area contributed by atoms with Crippen molar-refractivity contribution in [1.29, 1.82) is 0 Å². The van der Waals surface area contributed by atoms with Gasteiger partial charge in [-0.3, -0.25) is 4.79 Å². The zero-order valence-electron chi connectivity index (χ0n) is 12.3. The molecule has 0 saturated carbocycles. The number of hydrogen-bond donors (Lipinski definition) is 2. The minimum Gasteiger partial charge on any atom is -0.496 e. The molecule has 3 aromatic rings. The molecule has 3 rings (SSSR count). The van der Waals surface area contributed by atoms with Gasteiger partial charge >= 0.3 is 0 Å². The van der Waals surface area contributed by atoms with E-state index in [2.05, 4.69) is 10.3 Å². The molecule has 118 valence electrons. The number of hydrogen-bond acceptors (Lipinski definition) is 6. The number of anilines is 1. The first kappa shape index (κ1) is 15.7. The Bertz CT molecular complexity index is 813. The second-order valence-electron chi connectivity index (χ2n) is 4.68. The van der Waals surface area contributed by atoms with Crippen LogP contribution in [0, 0.1) is 0 Å². The third-order valence-corrected chi connectivity index (χ3v) is 4.93. The lowest BCUT2D eigenvalue weighted by Crippen LogP contribution is -2.10. The molecule has 0 aliphatic rings. The van der Waals surface area contributed by atoms with Gasteiger partial charge in [-0.25, -0.2) is 4.98 Å². The van der Waals surface area contributed by atoms with Crippen molar-refractivity contribution in [3.63, 3.8) is 0 Å². The second-order valence-corrected chi connectivity index (χ2v) is 6.49. The smallest absolute Gasteiger partial charge is 0.267 e. The van der Waals surface area contributed by atoms with Gasteiger partial charge in [0.2, 0.25) is 0 Å². The predicted molar refractivity (Wildman–Crippen MR) is 92.3 cm³/mol. The molecule has 23 heavy (non-hydrogen) atoms. The van der Waals surface area contributed by atoms with Gasteiger partial charge in [-0.1, -0.05) is 0 Å². The summed E-state index contributed by atoms with van der Waals surface area (Å²) in [4.78, 5) is 17.1. The maximum Gasteiger partial charge on any atom is 0.267 e. The van der Waals surface area contributed by atoms with Gasteiger partial charge in [-0.15, -0.1) is 11.3 Å². The van der Waals surface area contributed by atoms with Crippen molar-refractivity contribution in [2.24, 2.45) is 0 Å². The number of nitrogens with zero attached hydrogens (tertiary/aromatic N) is 1. The van der Waals surface area contributed by atoms with Gasteiger partial charge < -0.3 is 15.2 Å². The van der Waals surface area contributed by atoms with Crippen molar-refractivity contribution < 1.29 is 14.6 Å². The Morgan fingerprint density at radius 1 is 1.39 bits per heavy atom. The highest BCUT2D eigenvalue weighted by molar-refractivity contribution is 7.17. The Kier molecular flexibility index (Phi) is 4.71. The van der Waals surface area contributed by atoms with E-state index >= 15 is 0 Å². The fourth-order valence-corrected chi connectivity index (χ4v) is 3.59. The van der Waals surface area contributed by atoms with Crippen LogP contribution in [0.4, 0.5) is 5.69 Å². The minimum absolute atomic E-state index is 0.157. The predicted octanol–water partition coefficient (Wildman–Crippen LogP) is 3.62. The molecule has 2 N–H and O–H groups in total. The van der Waals surface area contributed by atoms with Crippen LogP contribution in [-0.2, 0) is 6.61 Å². The standard InChI is InChI=1S/C16H14N2O3S2/c1-21-13-3-2-12(6-11(13)8-19)18-15(20)14-7-17-16(23-14)10-4-5-22-9-10/h2-7,9,19H,8H2,1H3,(H,18,20). The van der Waals surface area contributed by atoms with Gasteiger partial charge in [-0.05, 0) is 29.6 Å². The summed E-state index contributed by atoms with van der Waals surface area (Å²) >= 11 is 2.94. The molecule has 0 aliphatic carbocycles. The number of thiophene rings is 1. The van der Waals surface area contributed by atoms with Crippen molar-refractivity contribution in [3.8, 4) is 16.3 Å². The number of methoxy groups -OCH3 is 1. The minimum atomic E-state index is -0.224. The fraction of sp³-hybridized carbons (Fsp3) is 0.125. The third-order valence-electron chi connectivity index (χ3n) is 3.21. The van der Waals surface area contributed by atoms with Crippen LogP contribution in [0.5, 0.6) is 5.75 Å². The van der Waals surface area contributed by atoms with Crippen LogP contribution in [0.2, 0.25) is 0 Å². The average molecular weight is 346 g/mol. The molecule has 0 radical (unpaired) electrons. The van der Waals surface area contributed by atoms with E-state index in [-0.39, 0.29) is 12.5 Å². The zero-order valence-corrected chi connectivity index (χ0v) is 13.9. The van der Waals surface area contributed by atoms with Gasteiger partial charge in [0.05, 0.1) is 19.9 Å². The number of ether oxygens (including phenoxy) is 1. The van der Waals surface area contributed by atoms with Crippen molar-refractivity contribution >= 4 is 34.3 Å². The number of thiazole rings is 1. The Labute approximate surface area is 141 Å². The van der Waals surface area contributed by atoms with E-state index in [4.69, 9.17) is 4.74 Å². The van der Waals surface area contributed by atoms with Gasteiger partial charge in [0.1, 0.15) is 15.6 Å². The molecule has 0 bridgehead atoms. The highest BCUT2D eigenvalue weighted by Crippen LogP contribution is 2.28. The van der Waals surface area contributed by atoms with Crippen molar-refractivity contribution in [1.82, 2.24) is 4.98 Å². The third kappa shape index (κ3) is 3.42. The molecule has 7 heteroatoms. The number of aliphatic hydroxyl groups excluding tert-OH is 1. The van der Waals surface area contributed by atoms with E-state index in [1.54, 1.807) is 35.7 Å². The number of rotatable bonds is 5. The Hall–Kier alpha value is -2.22. The quantitative estimate of drug-likeness (QED) is 0.740. The lowest BCUT2D eigenvalue weighted by atomic mass is 10.2. The molecule has 2 heterocycles. The largest absolute Gasteiger partial charge is 0.496 e. The molecular formula is C16H14N2O3S2. The Morgan fingerprint density at radius 2 is 2.26 bits per heavy atom. The summed E-state index contributed by atoms with van der Waals surface area (Å²) < 4.78 is 5.15. The van der Waals surface area contributed by atoms with E-state index in [0.717, 1.165) is 10.6 Å². The lowest BCUT2D eigenvalue weighted by Gasteiger charge is -2.09. The van der Waals surface area contributed by atoms with Gasteiger partial charge in [0.25, 0.3) is 5.91 Å². The highest BCUT2D eigenvalue weighted by Gasteiger charge is 2.13. The molecule has 0 spiro atoms. The van der Waals surface area contributed by atoms with E-state index in [1.807, 2.05) is 16.8 Å². The lowest BCUT2D eigenvalue weighted by molar-refractivity contribution is 0.103. The Morgan fingerprint density at radius 3 is 2.96 bits per heavy atom. The fourth-order valence-electron chi connectivity index (χ4n) is 2.07. The van der Waals surface area contributed by atoms with Crippen LogP contribution in [0.25, 0.3) is 10.6 Å². The highest BCUT2D eigenvalue weighted by atomic mass is 32.1. The monoisotopic (exact) mass is 346 g/mol. The first-order chi connectivity index (χ1) is 11.2.